The molecule has 3 N–H and O–H groups in total. The van der Waals surface area contributed by atoms with Gasteiger partial charge in [-0.25, -0.2) is 17.6 Å². The Morgan fingerprint density at radius 2 is 1.78 bits per heavy atom. The van der Waals surface area contributed by atoms with E-state index in [9.17, 15) is 18.0 Å². The van der Waals surface area contributed by atoms with Gasteiger partial charge in [0.25, 0.3) is 5.91 Å². The lowest BCUT2D eigenvalue weighted by Crippen LogP contribution is -2.43. The summed E-state index contributed by atoms with van der Waals surface area (Å²) in [5, 5.41) is 2.57. The molecular formula is C24H24Cl2F4N4O2. The molecule has 2 heterocycles. The van der Waals surface area contributed by atoms with Crippen molar-refractivity contribution < 1.29 is 27.1 Å². The standard InChI is InChI=1S/C24H22F4N4O2.2ClH/c1-34-14-9-17(26)21(18(27)10-14)22-16(25)5-4-15(23(22)28)24(33)31-19-11-30-7-6-20(19)32-8-2-3-13(29)12-32;;/h4-7,9-11,13H,2-3,8,12,29H2,1H3,(H,31,33);2*1H/t13-;;/m0../s1. The van der Waals surface area contributed by atoms with E-state index in [0.717, 1.165) is 37.1 Å². The third-order valence-electron chi connectivity index (χ3n) is 5.68. The fourth-order valence-corrected chi connectivity index (χ4v) is 4.04. The van der Waals surface area contributed by atoms with E-state index in [2.05, 4.69) is 10.3 Å². The van der Waals surface area contributed by atoms with Crippen molar-refractivity contribution in [2.75, 3.05) is 30.4 Å². The van der Waals surface area contributed by atoms with E-state index in [4.69, 9.17) is 10.5 Å². The van der Waals surface area contributed by atoms with Crippen molar-refractivity contribution in [2.45, 2.75) is 18.9 Å². The summed E-state index contributed by atoms with van der Waals surface area (Å²) in [6.45, 7) is 1.28. The van der Waals surface area contributed by atoms with E-state index in [1.807, 2.05) is 4.90 Å². The fourth-order valence-electron chi connectivity index (χ4n) is 4.04. The zero-order chi connectivity index (χ0) is 24.4. The van der Waals surface area contributed by atoms with Crippen molar-refractivity contribution in [1.29, 1.82) is 0 Å². The summed E-state index contributed by atoms with van der Waals surface area (Å²) >= 11 is 0. The number of nitrogens with two attached hydrogens (primary N) is 1. The molecule has 4 rings (SSSR count). The molecule has 6 nitrogen and oxygen atoms in total. The lowest BCUT2D eigenvalue weighted by molar-refractivity contribution is 0.102. The van der Waals surface area contributed by atoms with Gasteiger partial charge in [0.2, 0.25) is 0 Å². The first kappa shape index (κ1) is 29.2. The number of hydrogen-bond donors (Lipinski definition) is 2. The lowest BCUT2D eigenvalue weighted by atomic mass is 9.99. The Hall–Kier alpha value is -3.08. The number of carbonyl (C=O) groups excluding carboxylic acids is 1. The van der Waals surface area contributed by atoms with Crippen molar-refractivity contribution >= 4 is 42.1 Å². The van der Waals surface area contributed by atoms with Gasteiger partial charge < -0.3 is 20.7 Å². The summed E-state index contributed by atoms with van der Waals surface area (Å²) < 4.78 is 63.7. The summed E-state index contributed by atoms with van der Waals surface area (Å²) in [6.07, 6.45) is 4.70. The number of benzene rings is 2. The first-order chi connectivity index (χ1) is 16.3. The second-order valence-corrected chi connectivity index (χ2v) is 7.95. The number of carbonyl (C=O) groups is 1. The fraction of sp³-hybridized carbons (Fsp3) is 0.250. The number of rotatable bonds is 5. The molecule has 1 aliphatic rings. The van der Waals surface area contributed by atoms with E-state index in [0.29, 0.717) is 24.5 Å². The van der Waals surface area contributed by atoms with E-state index in [1.54, 1.807) is 12.3 Å². The molecule has 0 unspecified atom stereocenters. The average Bonchev–Trinajstić information content (AvgIpc) is 2.80. The zero-order valence-corrected chi connectivity index (χ0v) is 20.7. The number of piperidine rings is 1. The maximum atomic E-state index is 15.3. The molecule has 2 aromatic carbocycles. The number of nitrogens with zero attached hydrogens (tertiary/aromatic N) is 2. The molecule has 1 amide bonds. The first-order valence-electron chi connectivity index (χ1n) is 10.6. The molecule has 1 atom stereocenters. The van der Waals surface area contributed by atoms with Gasteiger partial charge in [0.05, 0.1) is 41.4 Å². The van der Waals surface area contributed by atoms with Crippen LogP contribution in [-0.4, -0.2) is 37.1 Å². The first-order valence-corrected chi connectivity index (χ1v) is 10.6. The Balaban J connectivity index is 0.00000228. The van der Waals surface area contributed by atoms with Gasteiger partial charge in [0.1, 0.15) is 29.0 Å². The zero-order valence-electron chi connectivity index (χ0n) is 19.1. The normalized spacial score (nSPS) is 14.9. The highest BCUT2D eigenvalue weighted by Gasteiger charge is 2.26. The highest BCUT2D eigenvalue weighted by Crippen LogP contribution is 2.35. The van der Waals surface area contributed by atoms with Crippen LogP contribution in [0.1, 0.15) is 23.2 Å². The summed E-state index contributed by atoms with van der Waals surface area (Å²) in [5.74, 6) is -6.17. The molecule has 3 aromatic rings. The number of methoxy groups -OCH3 is 1. The molecule has 194 valence electrons. The van der Waals surface area contributed by atoms with E-state index < -0.39 is 45.9 Å². The summed E-state index contributed by atoms with van der Waals surface area (Å²) in [6, 6.07) is 4.96. The van der Waals surface area contributed by atoms with Crippen LogP contribution >= 0.6 is 24.8 Å². The van der Waals surface area contributed by atoms with Crippen LogP contribution in [0.3, 0.4) is 0 Å². The molecule has 0 radical (unpaired) electrons. The van der Waals surface area contributed by atoms with Gasteiger partial charge in [0.15, 0.2) is 0 Å². The van der Waals surface area contributed by atoms with Crippen LogP contribution in [0.25, 0.3) is 11.1 Å². The average molecular weight is 547 g/mol. The highest BCUT2D eigenvalue weighted by molar-refractivity contribution is 6.06. The molecular weight excluding hydrogens is 523 g/mol. The minimum Gasteiger partial charge on any atom is -0.497 e. The van der Waals surface area contributed by atoms with Crippen molar-refractivity contribution in [3.63, 3.8) is 0 Å². The Kier molecular flexibility index (Phi) is 9.92. The Bertz CT molecular complexity index is 1230. The molecule has 0 bridgehead atoms. The Labute approximate surface area is 217 Å². The largest absolute Gasteiger partial charge is 0.497 e. The minimum absolute atomic E-state index is 0. The number of amides is 1. The van der Waals surface area contributed by atoms with Crippen LogP contribution in [0.4, 0.5) is 28.9 Å². The van der Waals surface area contributed by atoms with Crippen LogP contribution in [0.15, 0.2) is 42.7 Å². The van der Waals surface area contributed by atoms with Crippen molar-refractivity contribution in [2.24, 2.45) is 5.73 Å². The van der Waals surface area contributed by atoms with E-state index >= 15 is 4.39 Å². The summed E-state index contributed by atoms with van der Waals surface area (Å²) in [4.78, 5) is 18.9. The van der Waals surface area contributed by atoms with Crippen molar-refractivity contribution in [3.8, 4) is 16.9 Å². The molecule has 1 saturated heterocycles. The van der Waals surface area contributed by atoms with Gasteiger partial charge in [-0.05, 0) is 31.0 Å². The van der Waals surface area contributed by atoms with Crippen LogP contribution in [0.2, 0.25) is 0 Å². The van der Waals surface area contributed by atoms with Gasteiger partial charge >= 0.3 is 0 Å². The SMILES string of the molecule is COc1cc(F)c(-c2c(F)ccc(C(=O)Nc3cnccc3N3CCC[C@H](N)C3)c2F)c(F)c1.Cl.Cl. The van der Waals surface area contributed by atoms with Crippen LogP contribution in [0, 0.1) is 23.3 Å². The van der Waals surface area contributed by atoms with Gasteiger partial charge in [-0.1, -0.05) is 0 Å². The number of anilines is 2. The Morgan fingerprint density at radius 1 is 1.08 bits per heavy atom. The molecule has 0 aliphatic carbocycles. The molecule has 1 aromatic heterocycles. The van der Waals surface area contributed by atoms with Crippen LogP contribution in [0.5, 0.6) is 5.75 Å². The highest BCUT2D eigenvalue weighted by atomic mass is 35.5. The minimum atomic E-state index is -1.40. The van der Waals surface area contributed by atoms with Crippen LogP contribution in [-0.2, 0) is 0 Å². The maximum absolute atomic E-state index is 15.3. The number of aromatic nitrogens is 1. The number of halogens is 6. The number of nitrogens with one attached hydrogen (secondary N) is 1. The molecule has 36 heavy (non-hydrogen) atoms. The van der Waals surface area contributed by atoms with E-state index in [-0.39, 0.29) is 36.6 Å². The lowest BCUT2D eigenvalue weighted by Gasteiger charge is -2.33. The number of pyridine rings is 1. The van der Waals surface area contributed by atoms with Crippen molar-refractivity contribution in [3.05, 3.63) is 71.6 Å². The number of hydrogen-bond acceptors (Lipinski definition) is 5. The Morgan fingerprint density at radius 3 is 2.42 bits per heavy atom. The predicted molar refractivity (Wildman–Crippen MR) is 134 cm³/mol. The number of ether oxygens (including phenoxy) is 1. The second kappa shape index (κ2) is 12.2. The summed E-state index contributed by atoms with van der Waals surface area (Å²) in [5.41, 5.74) is 4.49. The molecule has 12 heteroatoms. The maximum Gasteiger partial charge on any atom is 0.258 e. The quantitative estimate of drug-likeness (QED) is 0.422. The predicted octanol–water partition coefficient (Wildman–Crippen LogP) is 5.34. The molecule has 0 saturated carbocycles. The van der Waals surface area contributed by atoms with Gasteiger partial charge in [-0.3, -0.25) is 9.78 Å². The monoisotopic (exact) mass is 546 g/mol. The van der Waals surface area contributed by atoms with Gasteiger partial charge in [0, 0.05) is 37.5 Å². The third-order valence-corrected chi connectivity index (χ3v) is 5.68. The smallest absolute Gasteiger partial charge is 0.258 e. The second-order valence-electron chi connectivity index (χ2n) is 7.95. The van der Waals surface area contributed by atoms with Crippen LogP contribution < -0.4 is 20.7 Å². The molecule has 1 fully saturated rings. The topological polar surface area (TPSA) is 80.5 Å². The molecule has 1 aliphatic heterocycles. The molecule has 0 spiro atoms. The van der Waals surface area contributed by atoms with Gasteiger partial charge in [-0.2, -0.15) is 0 Å². The summed E-state index contributed by atoms with van der Waals surface area (Å²) in [7, 11) is 1.20. The third kappa shape index (κ3) is 5.83. The van der Waals surface area contributed by atoms with Gasteiger partial charge in [-0.15, -0.1) is 24.8 Å². The van der Waals surface area contributed by atoms with Crippen molar-refractivity contribution in [1.82, 2.24) is 4.98 Å². The van der Waals surface area contributed by atoms with E-state index in [1.165, 1.54) is 13.3 Å².